The Morgan fingerprint density at radius 3 is 2.15 bits per heavy atom. The van der Waals surface area contributed by atoms with E-state index in [1.165, 1.54) is 41.7 Å². The molecule has 34 heavy (non-hydrogen) atoms. The van der Waals surface area contributed by atoms with E-state index in [4.69, 9.17) is 9.31 Å². The number of thiophene rings is 1. The number of benzene rings is 2. The second kappa shape index (κ2) is 10.5. The van der Waals surface area contributed by atoms with Gasteiger partial charge in [0.25, 0.3) is 0 Å². The van der Waals surface area contributed by atoms with Crippen molar-refractivity contribution in [2.45, 2.75) is 77.9 Å². The van der Waals surface area contributed by atoms with Crippen molar-refractivity contribution < 1.29 is 9.31 Å². The van der Waals surface area contributed by atoms with Gasteiger partial charge in [-0.05, 0) is 69.8 Å². The zero-order chi connectivity index (χ0) is 24.2. The van der Waals surface area contributed by atoms with Crippen LogP contribution in [-0.4, -0.2) is 18.3 Å². The molecule has 1 saturated heterocycles. The predicted molar refractivity (Wildman–Crippen MR) is 146 cm³/mol. The fourth-order valence-corrected chi connectivity index (χ4v) is 5.12. The zero-order valence-electron chi connectivity index (χ0n) is 21.1. The Bertz CT molecular complexity index is 1130. The van der Waals surface area contributed by atoms with E-state index in [2.05, 4.69) is 88.9 Å². The third kappa shape index (κ3) is 5.66. The Morgan fingerprint density at radius 1 is 0.824 bits per heavy atom. The quantitative estimate of drug-likeness (QED) is 0.206. The van der Waals surface area contributed by atoms with Crippen molar-refractivity contribution >= 4 is 23.9 Å². The predicted octanol–water partition coefficient (Wildman–Crippen LogP) is 7.24. The van der Waals surface area contributed by atoms with Crippen LogP contribution in [0.3, 0.4) is 0 Å². The average Bonchev–Trinajstić information content (AvgIpc) is 3.33. The van der Waals surface area contributed by atoms with E-state index in [1.807, 2.05) is 29.5 Å². The van der Waals surface area contributed by atoms with Gasteiger partial charge in [0, 0.05) is 16.0 Å². The largest absolute Gasteiger partial charge is 0.494 e. The minimum Gasteiger partial charge on any atom is -0.399 e. The molecule has 2 aromatic carbocycles. The minimum atomic E-state index is -0.340. The number of aryl methyl sites for hydroxylation is 1. The normalized spacial score (nSPS) is 16.3. The molecular formula is C30H35BO2S. The van der Waals surface area contributed by atoms with E-state index >= 15 is 0 Å². The summed E-state index contributed by atoms with van der Waals surface area (Å²) in [5.41, 5.74) is 3.83. The number of unbranched alkanes of at least 4 members (excludes halogenated alkanes) is 3. The molecule has 1 fully saturated rings. The smallest absolute Gasteiger partial charge is 0.399 e. The first-order chi connectivity index (χ1) is 16.3. The summed E-state index contributed by atoms with van der Waals surface area (Å²) in [5, 5.41) is 0. The fraction of sp³-hybridized carbons (Fsp3) is 0.400. The maximum absolute atomic E-state index is 6.23. The molecule has 176 valence electrons. The lowest BCUT2D eigenvalue weighted by Gasteiger charge is -2.32. The summed E-state index contributed by atoms with van der Waals surface area (Å²) in [7, 11) is -0.340. The monoisotopic (exact) mass is 470 g/mol. The highest BCUT2D eigenvalue weighted by Crippen LogP contribution is 2.37. The van der Waals surface area contributed by atoms with Gasteiger partial charge in [-0.1, -0.05) is 80.5 Å². The van der Waals surface area contributed by atoms with Crippen LogP contribution >= 0.6 is 11.3 Å². The molecule has 2 heterocycles. The molecule has 3 aromatic rings. The van der Waals surface area contributed by atoms with E-state index in [0.717, 1.165) is 22.3 Å². The third-order valence-electron chi connectivity index (χ3n) is 6.90. The van der Waals surface area contributed by atoms with Crippen LogP contribution in [0.1, 0.15) is 75.6 Å². The maximum atomic E-state index is 6.23. The van der Waals surface area contributed by atoms with E-state index in [9.17, 15) is 0 Å². The van der Waals surface area contributed by atoms with Gasteiger partial charge in [0.1, 0.15) is 0 Å². The van der Waals surface area contributed by atoms with Gasteiger partial charge in [0.05, 0.1) is 16.1 Å². The Labute approximate surface area is 209 Å². The standard InChI is InChI=1S/C30H35BO2S/c1-6-7-8-12-15-26-22-27(28(34-26)21-16-23-13-10-9-11-14-23)24-17-19-25(20-18-24)31-32-29(2,3)30(4,5)33-31/h9-11,13-14,17-20,22H,6-8,12,15H2,1-5H3. The van der Waals surface area contributed by atoms with Crippen molar-refractivity contribution in [3.05, 3.63) is 76.0 Å². The highest BCUT2D eigenvalue weighted by Gasteiger charge is 2.51. The van der Waals surface area contributed by atoms with Gasteiger partial charge >= 0.3 is 7.12 Å². The van der Waals surface area contributed by atoms with Gasteiger partial charge in [-0.15, -0.1) is 11.3 Å². The van der Waals surface area contributed by atoms with Gasteiger partial charge in [-0.2, -0.15) is 0 Å². The van der Waals surface area contributed by atoms with Crippen LogP contribution in [0.2, 0.25) is 0 Å². The molecular weight excluding hydrogens is 435 g/mol. The first kappa shape index (κ1) is 24.8. The number of rotatable bonds is 7. The fourth-order valence-electron chi connectivity index (χ4n) is 4.05. The van der Waals surface area contributed by atoms with Gasteiger partial charge in [0.15, 0.2) is 0 Å². The van der Waals surface area contributed by atoms with Crippen LogP contribution in [0.5, 0.6) is 0 Å². The first-order valence-corrected chi connectivity index (χ1v) is 13.3. The Kier molecular flexibility index (Phi) is 7.68. The van der Waals surface area contributed by atoms with Crippen LogP contribution in [0.25, 0.3) is 11.1 Å². The van der Waals surface area contributed by atoms with Gasteiger partial charge in [-0.25, -0.2) is 0 Å². The van der Waals surface area contributed by atoms with Gasteiger partial charge in [0.2, 0.25) is 0 Å². The lowest BCUT2D eigenvalue weighted by atomic mass is 9.78. The molecule has 0 amide bonds. The van der Waals surface area contributed by atoms with E-state index in [1.54, 1.807) is 0 Å². The molecule has 0 bridgehead atoms. The van der Waals surface area contributed by atoms with Crippen LogP contribution in [0, 0.1) is 11.8 Å². The molecule has 0 atom stereocenters. The van der Waals surface area contributed by atoms with Crippen molar-refractivity contribution in [3.8, 4) is 23.0 Å². The summed E-state index contributed by atoms with van der Waals surface area (Å²) in [5.74, 6) is 6.82. The van der Waals surface area contributed by atoms with Crippen LogP contribution in [-0.2, 0) is 15.7 Å². The Morgan fingerprint density at radius 2 is 1.50 bits per heavy atom. The molecule has 0 unspecified atom stereocenters. The summed E-state index contributed by atoms with van der Waals surface area (Å²) in [6.45, 7) is 10.6. The van der Waals surface area contributed by atoms with Crippen molar-refractivity contribution in [1.82, 2.24) is 0 Å². The van der Waals surface area contributed by atoms with E-state index in [-0.39, 0.29) is 18.3 Å². The summed E-state index contributed by atoms with van der Waals surface area (Å²) in [6, 6.07) is 21.2. The van der Waals surface area contributed by atoms with Crippen LogP contribution < -0.4 is 5.46 Å². The molecule has 0 radical (unpaired) electrons. The lowest BCUT2D eigenvalue weighted by molar-refractivity contribution is 0.00578. The zero-order valence-corrected chi connectivity index (χ0v) is 21.9. The van der Waals surface area contributed by atoms with Crippen LogP contribution in [0.4, 0.5) is 0 Å². The van der Waals surface area contributed by atoms with Gasteiger partial charge < -0.3 is 9.31 Å². The molecule has 0 spiro atoms. The Balaban J connectivity index is 1.59. The van der Waals surface area contributed by atoms with E-state index < -0.39 is 0 Å². The molecule has 4 heteroatoms. The highest BCUT2D eigenvalue weighted by molar-refractivity contribution is 7.13. The molecule has 1 aliphatic heterocycles. The number of hydrogen-bond acceptors (Lipinski definition) is 3. The van der Waals surface area contributed by atoms with Crippen molar-refractivity contribution in [3.63, 3.8) is 0 Å². The summed E-state index contributed by atoms with van der Waals surface area (Å²) < 4.78 is 12.5. The van der Waals surface area contributed by atoms with Gasteiger partial charge in [-0.3, -0.25) is 0 Å². The number of hydrogen-bond donors (Lipinski definition) is 0. The first-order valence-electron chi connectivity index (χ1n) is 12.4. The lowest BCUT2D eigenvalue weighted by Crippen LogP contribution is -2.41. The molecule has 1 aliphatic rings. The Hall–Kier alpha value is -2.32. The molecule has 0 N–H and O–H groups in total. The summed E-state index contributed by atoms with van der Waals surface area (Å²) >= 11 is 1.84. The van der Waals surface area contributed by atoms with Crippen molar-refractivity contribution in [2.75, 3.05) is 0 Å². The highest BCUT2D eigenvalue weighted by atomic mass is 32.1. The summed E-state index contributed by atoms with van der Waals surface area (Å²) in [4.78, 5) is 2.55. The van der Waals surface area contributed by atoms with Crippen LogP contribution in [0.15, 0.2) is 60.7 Å². The second-order valence-corrected chi connectivity index (χ2v) is 11.2. The maximum Gasteiger partial charge on any atom is 0.494 e. The third-order valence-corrected chi connectivity index (χ3v) is 8.01. The SMILES string of the molecule is CCCCCCc1cc(-c2ccc(B3OC(C)(C)C(C)(C)O3)cc2)c(C#Cc2ccccc2)s1. The molecule has 0 aliphatic carbocycles. The molecule has 2 nitrogen and oxygen atoms in total. The average molecular weight is 470 g/mol. The summed E-state index contributed by atoms with van der Waals surface area (Å²) in [6.07, 6.45) is 6.21. The van der Waals surface area contributed by atoms with E-state index in [0.29, 0.717) is 0 Å². The second-order valence-electron chi connectivity index (χ2n) is 10.1. The minimum absolute atomic E-state index is 0.337. The molecule has 1 aromatic heterocycles. The topological polar surface area (TPSA) is 18.5 Å². The molecule has 4 rings (SSSR count). The molecule has 0 saturated carbocycles. The van der Waals surface area contributed by atoms with Crippen molar-refractivity contribution in [1.29, 1.82) is 0 Å². The van der Waals surface area contributed by atoms with Crippen molar-refractivity contribution in [2.24, 2.45) is 0 Å².